The Labute approximate surface area is 680 Å². The second-order valence-corrected chi connectivity index (χ2v) is 55.9. The van der Waals surface area contributed by atoms with Gasteiger partial charge in [-0.15, -0.1) is 0 Å². The number of rotatable bonds is 44. The second kappa shape index (κ2) is 43.0. The number of esters is 4. The Morgan fingerprint density at radius 1 is 0.295 bits per heavy atom. The number of hydrogen-bond acceptors (Lipinski definition) is 16. The molecule has 16 nitrogen and oxygen atoms in total. The average Bonchev–Trinajstić information content (AvgIpc) is 0.770. The van der Waals surface area contributed by atoms with E-state index in [0.717, 1.165) is 144 Å². The minimum absolute atomic E-state index is 0.0131. The minimum atomic E-state index is -2.22. The highest BCUT2D eigenvalue weighted by atomic mass is 28.4. The molecule has 0 N–H and O–H groups in total. The first-order valence-electron chi connectivity index (χ1n) is 41.2. The van der Waals surface area contributed by atoms with Crippen LogP contribution in [-0.2, 0) is 107 Å². The summed E-state index contributed by atoms with van der Waals surface area (Å²) >= 11 is 0. The number of hydrogen-bond donors (Lipinski definition) is 0. The lowest BCUT2D eigenvalue weighted by atomic mass is 9.87. The zero-order valence-corrected chi connectivity index (χ0v) is 77.8. The molecule has 1 aliphatic carbocycles. The van der Waals surface area contributed by atoms with Gasteiger partial charge in [0, 0.05) is 25.7 Å². The zero-order valence-electron chi connectivity index (χ0n) is 73.8. The number of carbonyl (C=O) groups excluding carboxylic acids is 4. The fraction of sp³-hybridized carbons (Fsp3) is 0.609. The van der Waals surface area contributed by atoms with Gasteiger partial charge in [0.2, 0.25) is 0 Å². The quantitative estimate of drug-likeness (QED) is 0.0118. The lowest BCUT2D eigenvalue weighted by Crippen LogP contribution is -2.41. The van der Waals surface area contributed by atoms with Gasteiger partial charge >= 0.3 is 23.9 Å². The zero-order chi connectivity index (χ0) is 83.8. The fourth-order valence-corrected chi connectivity index (χ4v) is 15.6. The summed E-state index contributed by atoms with van der Waals surface area (Å²) in [6, 6.07) is 18.0. The molecule has 4 aromatic rings. The van der Waals surface area contributed by atoms with Crippen molar-refractivity contribution in [2.24, 2.45) is 0 Å². The van der Waals surface area contributed by atoms with Crippen molar-refractivity contribution in [3.63, 3.8) is 0 Å². The van der Waals surface area contributed by atoms with Gasteiger partial charge in [-0.05, 0) is 191 Å². The topological polar surface area (TPSA) is 179 Å². The Hall–Kier alpha value is -6.37. The van der Waals surface area contributed by atoms with E-state index < -0.39 is 57.1 Å². The molecule has 0 saturated heterocycles. The van der Waals surface area contributed by atoms with E-state index in [1.165, 1.54) is 0 Å². The maximum atomic E-state index is 13.8. The van der Waals surface area contributed by atoms with Crippen LogP contribution in [-0.4, -0.2) is 136 Å². The fourth-order valence-electron chi connectivity index (χ4n) is 11.7. The molecule has 0 aliphatic heterocycles. The Kier molecular flexibility index (Phi) is 36.9. The Morgan fingerprint density at radius 3 is 0.598 bits per heavy atom. The molecule has 112 heavy (non-hydrogen) atoms. The third-order valence-electron chi connectivity index (χ3n) is 23.1. The van der Waals surface area contributed by atoms with Gasteiger partial charge in [0.05, 0.1) is 48.7 Å². The third kappa shape index (κ3) is 29.1. The monoisotopic (exact) mass is 1620 g/mol. The van der Waals surface area contributed by atoms with Crippen molar-refractivity contribution < 1.29 is 74.8 Å². The number of aryl methyl sites for hydroxylation is 4. The lowest BCUT2D eigenvalue weighted by molar-refractivity contribution is -0.141. The standard InChI is InChI=1S/C92H144O16Si4/c1-29-33-37-69-49-73-57-75-51-70(38-34-30-2)53-77(82(75)98-42-46-102-86(94)66(6)62-106-110(23,24)90(12,13)14)59-79-55-72(40-36-32-4)56-80(84(79)100-44-48-104-88(96)68(8)64-108-112(27,28)92(18,19)20)60-78-54-71(39-35-31-3)52-76(83(78)99-43-47-103-87(95)67(7)63-107-111(25,26)91(15,16)17)58-74(50-69)81(73)97-41-45-101-85(93)65(5)61-105-109(21,22)89(9,10)11/h49-56H,5-8,29-48,57-64H2,1-4,9-28H3. The molecule has 0 saturated carbocycles. The van der Waals surface area contributed by atoms with Crippen LogP contribution in [0.15, 0.2) is 97.1 Å². The number of carbonyl (C=O) groups is 4. The van der Waals surface area contributed by atoms with E-state index in [9.17, 15) is 19.2 Å². The lowest BCUT2D eigenvalue weighted by Gasteiger charge is -2.36. The molecule has 20 heteroatoms. The van der Waals surface area contributed by atoms with E-state index in [1.54, 1.807) is 0 Å². The van der Waals surface area contributed by atoms with Gasteiger partial charge in [0.15, 0.2) is 33.3 Å². The smallest absolute Gasteiger partial charge is 0.335 e. The summed E-state index contributed by atoms with van der Waals surface area (Å²) in [6.07, 6.45) is 12.1. The molecule has 624 valence electrons. The van der Waals surface area contributed by atoms with Gasteiger partial charge < -0.3 is 55.6 Å². The Morgan fingerprint density at radius 2 is 0.455 bits per heavy atom. The predicted molar refractivity (Wildman–Crippen MR) is 466 cm³/mol. The molecular weight excluding hydrogens is 1470 g/mol. The van der Waals surface area contributed by atoms with Gasteiger partial charge in [-0.2, -0.15) is 0 Å². The normalized spacial score (nSPS) is 13.1. The highest BCUT2D eigenvalue weighted by molar-refractivity contribution is 6.75. The van der Waals surface area contributed by atoms with E-state index in [2.05, 4.69) is 238 Å². The largest absolute Gasteiger partial charge is 0.489 e. The van der Waals surface area contributed by atoms with Gasteiger partial charge in [0.25, 0.3) is 0 Å². The first-order valence-corrected chi connectivity index (χ1v) is 52.9. The van der Waals surface area contributed by atoms with Crippen LogP contribution in [0.2, 0.25) is 72.5 Å². The van der Waals surface area contributed by atoms with Crippen molar-refractivity contribution in [3.05, 3.63) is 164 Å². The molecule has 5 rings (SSSR count). The van der Waals surface area contributed by atoms with Crippen molar-refractivity contribution in [3.8, 4) is 23.0 Å². The van der Waals surface area contributed by atoms with Crippen molar-refractivity contribution in [1.82, 2.24) is 0 Å². The molecule has 0 radical (unpaired) electrons. The Balaban J connectivity index is 1.84. The summed E-state index contributed by atoms with van der Waals surface area (Å²) in [5.41, 5.74) is 12.6. The van der Waals surface area contributed by atoms with Crippen LogP contribution in [0.3, 0.4) is 0 Å². The van der Waals surface area contributed by atoms with Crippen LogP contribution in [0.1, 0.15) is 229 Å². The summed E-state index contributed by atoms with van der Waals surface area (Å²) in [4.78, 5) is 55.3. The molecule has 0 spiro atoms. The molecular formula is C92H144O16Si4. The Bertz CT molecular complexity index is 3270. The van der Waals surface area contributed by atoms with Crippen LogP contribution in [0.25, 0.3) is 0 Å². The first kappa shape index (κ1) is 96.2. The minimum Gasteiger partial charge on any atom is -0.489 e. The van der Waals surface area contributed by atoms with Crippen molar-refractivity contribution in [1.29, 1.82) is 0 Å². The highest BCUT2D eigenvalue weighted by Gasteiger charge is 2.41. The number of unbranched alkanes of at least 4 members (excludes halogenated alkanes) is 4. The third-order valence-corrected chi connectivity index (χ3v) is 41.0. The molecule has 8 bridgehead atoms. The molecule has 0 amide bonds. The van der Waals surface area contributed by atoms with Crippen molar-refractivity contribution in [2.75, 3.05) is 79.3 Å². The van der Waals surface area contributed by atoms with Gasteiger partial charge in [-0.3, -0.25) is 0 Å². The molecule has 0 unspecified atom stereocenters. The maximum absolute atomic E-state index is 13.8. The average molecular weight is 1620 g/mol. The maximum Gasteiger partial charge on any atom is 0.335 e. The summed E-state index contributed by atoms with van der Waals surface area (Å²) in [5, 5.41) is -0.292. The van der Waals surface area contributed by atoms with Crippen LogP contribution >= 0.6 is 0 Å². The number of fused-ring (bicyclic) bond motifs is 8. The second-order valence-electron chi connectivity index (χ2n) is 36.6. The van der Waals surface area contributed by atoms with Gasteiger partial charge in [-0.1, -0.05) is 211 Å². The van der Waals surface area contributed by atoms with E-state index in [0.29, 0.717) is 48.7 Å². The summed E-state index contributed by atoms with van der Waals surface area (Å²) in [5.74, 6) is 0.328. The van der Waals surface area contributed by atoms with Crippen LogP contribution in [0, 0.1) is 0 Å². The van der Waals surface area contributed by atoms with Crippen LogP contribution in [0.5, 0.6) is 23.0 Å². The SMILES string of the molecule is C=C(CO[Si](C)(C)C(C)(C)C)C(=O)OCCOc1c2cc(CCCC)cc1Cc1cc(CCCC)cc(c1OCCOC(=O)C(=C)CO[Si](C)(C)C(C)(C)C)Cc1cc(CCCC)cc(c1OCCOC(=O)C(=C)CO[Si](C)(C)C(C)(C)C)Cc1cc(CCCC)cc(c1OCCOC(=O)C(=C)CO[Si](C)(C)C(C)(C)C)C2. The van der Waals surface area contributed by atoms with Crippen molar-refractivity contribution in [2.45, 2.75) is 286 Å². The summed E-state index contributed by atoms with van der Waals surface area (Å²) < 4.78 is 78.3. The van der Waals surface area contributed by atoms with Crippen LogP contribution < -0.4 is 18.9 Å². The van der Waals surface area contributed by atoms with E-state index in [1.807, 2.05) is 0 Å². The number of ether oxygens (including phenoxy) is 8. The van der Waals surface area contributed by atoms with Gasteiger partial charge in [-0.25, -0.2) is 19.2 Å². The molecule has 0 atom stereocenters. The first-order chi connectivity index (χ1) is 52.2. The molecule has 0 aromatic heterocycles. The van der Waals surface area contributed by atoms with E-state index in [-0.39, 0.29) is 122 Å². The molecule has 0 fully saturated rings. The predicted octanol–water partition coefficient (Wildman–Crippen LogP) is 21.7. The number of benzene rings is 4. The molecule has 0 heterocycles. The summed E-state index contributed by atoms with van der Waals surface area (Å²) in [6.45, 7) is 68.3. The molecule has 4 aromatic carbocycles. The van der Waals surface area contributed by atoms with Crippen molar-refractivity contribution >= 4 is 57.1 Å². The van der Waals surface area contributed by atoms with Crippen LogP contribution in [0.4, 0.5) is 0 Å². The highest BCUT2D eigenvalue weighted by Crippen LogP contribution is 2.44. The molecule has 1 aliphatic rings. The summed E-state index contributed by atoms with van der Waals surface area (Å²) in [7, 11) is -8.90. The van der Waals surface area contributed by atoms with E-state index >= 15 is 0 Å². The van der Waals surface area contributed by atoms with E-state index in [4.69, 9.17) is 55.6 Å². The van der Waals surface area contributed by atoms with Gasteiger partial charge in [0.1, 0.15) is 75.9 Å².